The highest BCUT2D eigenvalue weighted by molar-refractivity contribution is 5.17. The van der Waals surface area contributed by atoms with E-state index >= 15 is 0 Å². The maximum absolute atomic E-state index is 10.7. The molecule has 2 aliphatic heterocycles. The third-order valence-corrected chi connectivity index (χ3v) is 8.67. The third-order valence-electron chi connectivity index (χ3n) is 8.67. The van der Waals surface area contributed by atoms with Crippen LogP contribution in [0.4, 0.5) is 0 Å². The summed E-state index contributed by atoms with van der Waals surface area (Å²) in [5.74, 6) is 0.837. The lowest BCUT2D eigenvalue weighted by Gasteiger charge is -2.65. The molecule has 7 atom stereocenters. The topological polar surface area (TPSA) is 58.9 Å². The van der Waals surface area contributed by atoms with Gasteiger partial charge in [-0.2, -0.15) is 0 Å². The number of hydrogen-bond donors (Lipinski definition) is 2. The van der Waals surface area contributed by atoms with Gasteiger partial charge in [0.05, 0.1) is 30.5 Å². The molecule has 2 N–H and O–H groups in total. The first-order valence-electron chi connectivity index (χ1n) is 9.89. The highest BCUT2D eigenvalue weighted by Crippen LogP contribution is 2.68. The van der Waals surface area contributed by atoms with Crippen molar-refractivity contribution < 1.29 is 19.7 Å². The highest BCUT2D eigenvalue weighted by Gasteiger charge is 2.69. The normalized spacial score (nSPS) is 57.6. The molecule has 2 heterocycles. The van der Waals surface area contributed by atoms with Crippen LogP contribution < -0.4 is 0 Å². The van der Waals surface area contributed by atoms with E-state index in [2.05, 4.69) is 20.8 Å². The Hall–Kier alpha value is -0.160. The zero-order valence-corrected chi connectivity index (χ0v) is 15.5. The number of aliphatic hydroxyl groups excluding tert-OH is 2. The van der Waals surface area contributed by atoms with Gasteiger partial charge in [-0.3, -0.25) is 0 Å². The summed E-state index contributed by atoms with van der Waals surface area (Å²) in [4.78, 5) is 0. The average Bonchev–Trinajstić information content (AvgIpc) is 3.18. The summed E-state index contributed by atoms with van der Waals surface area (Å²) in [5, 5.41) is 20.8. The van der Waals surface area contributed by atoms with E-state index < -0.39 is 11.5 Å². The van der Waals surface area contributed by atoms with E-state index in [1.807, 2.05) is 0 Å². The Bertz CT molecular complexity index is 502. The van der Waals surface area contributed by atoms with Gasteiger partial charge in [0, 0.05) is 23.9 Å². The van der Waals surface area contributed by atoms with Crippen molar-refractivity contribution in [1.29, 1.82) is 0 Å². The molecule has 4 heteroatoms. The van der Waals surface area contributed by atoms with Gasteiger partial charge in [0.15, 0.2) is 0 Å². The lowest BCUT2D eigenvalue weighted by Crippen LogP contribution is -2.66. The zero-order valence-electron chi connectivity index (χ0n) is 15.5. The minimum Gasteiger partial charge on any atom is -0.396 e. The molecule has 24 heavy (non-hydrogen) atoms. The molecule has 2 spiro atoms. The number of ether oxygens (including phenoxy) is 2. The molecule has 0 aromatic rings. The number of rotatable bonds is 1. The predicted molar refractivity (Wildman–Crippen MR) is 91.6 cm³/mol. The van der Waals surface area contributed by atoms with Crippen LogP contribution in [0.5, 0.6) is 0 Å². The van der Waals surface area contributed by atoms with Crippen molar-refractivity contribution in [3.05, 3.63) is 0 Å². The quantitative estimate of drug-likeness (QED) is 0.772. The van der Waals surface area contributed by atoms with Crippen LogP contribution in [-0.2, 0) is 9.47 Å². The zero-order chi connectivity index (χ0) is 17.2. The second-order valence-corrected chi connectivity index (χ2v) is 9.64. The molecule has 4 aliphatic rings. The summed E-state index contributed by atoms with van der Waals surface area (Å²) in [5.41, 5.74) is -0.593. The van der Waals surface area contributed by atoms with Crippen LogP contribution in [0.15, 0.2) is 0 Å². The maximum atomic E-state index is 10.7. The van der Waals surface area contributed by atoms with Crippen molar-refractivity contribution >= 4 is 0 Å². The molecule has 0 radical (unpaired) electrons. The first kappa shape index (κ1) is 17.3. The van der Waals surface area contributed by atoms with Crippen LogP contribution in [0.2, 0.25) is 0 Å². The summed E-state index contributed by atoms with van der Waals surface area (Å²) in [6.07, 6.45) is 6.78. The van der Waals surface area contributed by atoms with Gasteiger partial charge in [0.25, 0.3) is 0 Å². The van der Waals surface area contributed by atoms with E-state index in [1.165, 1.54) is 0 Å². The Kier molecular flexibility index (Phi) is 3.90. The minimum atomic E-state index is -0.411. The smallest absolute Gasteiger partial charge is 0.0945 e. The van der Waals surface area contributed by atoms with E-state index in [-0.39, 0.29) is 23.2 Å². The molecular formula is C20H34O4. The lowest BCUT2D eigenvalue weighted by molar-refractivity contribution is -0.266. The molecule has 2 aliphatic carbocycles. The standard InChI is InChI=1S/C20H34O4/c1-14-4-5-15-17(2,12-21)16(22)6-7-18(15,3)20(14)9-8-19(24-20)10-11-23-13-19/h14-16,21-22H,4-13H2,1-3H3/t14-,15+,16+,17-,18+,19-,20-/m0/s1. The fraction of sp³-hybridized carbons (Fsp3) is 1.00. The van der Waals surface area contributed by atoms with Crippen LogP contribution in [0.1, 0.15) is 65.7 Å². The Balaban J connectivity index is 1.74. The van der Waals surface area contributed by atoms with Crippen LogP contribution in [0.3, 0.4) is 0 Å². The van der Waals surface area contributed by atoms with Crippen molar-refractivity contribution in [2.75, 3.05) is 19.8 Å². The Labute approximate surface area is 145 Å². The van der Waals surface area contributed by atoms with Gasteiger partial charge in [-0.05, 0) is 50.4 Å². The van der Waals surface area contributed by atoms with E-state index in [4.69, 9.17) is 9.47 Å². The molecule has 2 saturated heterocycles. The molecule has 0 unspecified atom stereocenters. The maximum Gasteiger partial charge on any atom is 0.0945 e. The minimum absolute atomic E-state index is 0.0213. The molecule has 4 nitrogen and oxygen atoms in total. The predicted octanol–water partition coefficient (Wildman–Crippen LogP) is 2.90. The van der Waals surface area contributed by atoms with E-state index in [1.54, 1.807) is 0 Å². The fourth-order valence-electron chi connectivity index (χ4n) is 7.00. The second kappa shape index (κ2) is 5.42. The number of fused-ring (bicyclic) bond motifs is 2. The molecule has 2 saturated carbocycles. The highest BCUT2D eigenvalue weighted by atomic mass is 16.6. The monoisotopic (exact) mass is 338 g/mol. The van der Waals surface area contributed by atoms with Crippen LogP contribution in [0.25, 0.3) is 0 Å². The largest absolute Gasteiger partial charge is 0.396 e. The molecule has 4 rings (SSSR count). The van der Waals surface area contributed by atoms with E-state index in [9.17, 15) is 10.2 Å². The summed E-state index contributed by atoms with van der Waals surface area (Å²) in [6, 6.07) is 0. The molecule has 0 aromatic heterocycles. The fourth-order valence-corrected chi connectivity index (χ4v) is 7.00. The molecule has 138 valence electrons. The van der Waals surface area contributed by atoms with Gasteiger partial charge < -0.3 is 19.7 Å². The van der Waals surface area contributed by atoms with Crippen LogP contribution in [0, 0.1) is 22.7 Å². The van der Waals surface area contributed by atoms with Crippen molar-refractivity contribution in [2.45, 2.75) is 83.0 Å². The van der Waals surface area contributed by atoms with E-state index in [0.29, 0.717) is 11.8 Å². The first-order valence-corrected chi connectivity index (χ1v) is 9.89. The van der Waals surface area contributed by atoms with Crippen molar-refractivity contribution in [3.63, 3.8) is 0 Å². The van der Waals surface area contributed by atoms with Crippen molar-refractivity contribution in [3.8, 4) is 0 Å². The van der Waals surface area contributed by atoms with Gasteiger partial charge in [-0.1, -0.05) is 20.8 Å². The molecule has 4 fully saturated rings. The van der Waals surface area contributed by atoms with Gasteiger partial charge in [-0.25, -0.2) is 0 Å². The van der Waals surface area contributed by atoms with Crippen LogP contribution in [-0.4, -0.2) is 47.3 Å². The second-order valence-electron chi connectivity index (χ2n) is 9.64. The Morgan fingerprint density at radius 1 is 1.04 bits per heavy atom. The molecule has 0 aromatic carbocycles. The Morgan fingerprint density at radius 3 is 2.50 bits per heavy atom. The number of hydrogen-bond acceptors (Lipinski definition) is 4. The Morgan fingerprint density at radius 2 is 1.83 bits per heavy atom. The first-order chi connectivity index (χ1) is 11.3. The van der Waals surface area contributed by atoms with Gasteiger partial charge >= 0.3 is 0 Å². The van der Waals surface area contributed by atoms with Crippen molar-refractivity contribution in [1.82, 2.24) is 0 Å². The lowest BCUT2D eigenvalue weighted by atomic mass is 9.43. The SMILES string of the molecule is C[C@H]1CC[C@@H]2[C@](C)(CO)[C@H](O)CC[C@@]2(C)[C@]12CC[C@@]1(CCOC1)O2. The number of aliphatic hydroxyl groups is 2. The van der Waals surface area contributed by atoms with Gasteiger partial charge in [0.2, 0.25) is 0 Å². The van der Waals surface area contributed by atoms with E-state index in [0.717, 1.165) is 58.2 Å². The van der Waals surface area contributed by atoms with Gasteiger partial charge in [-0.15, -0.1) is 0 Å². The molecule has 0 amide bonds. The van der Waals surface area contributed by atoms with Gasteiger partial charge in [0.1, 0.15) is 0 Å². The summed E-state index contributed by atoms with van der Waals surface area (Å²) in [6.45, 7) is 8.46. The average molecular weight is 338 g/mol. The summed E-state index contributed by atoms with van der Waals surface area (Å²) in [7, 11) is 0. The van der Waals surface area contributed by atoms with Crippen molar-refractivity contribution in [2.24, 2.45) is 22.7 Å². The molecular weight excluding hydrogens is 304 g/mol. The van der Waals surface area contributed by atoms with Crippen LogP contribution >= 0.6 is 0 Å². The summed E-state index contributed by atoms with van der Waals surface area (Å²) >= 11 is 0. The third kappa shape index (κ3) is 2.00. The molecule has 0 bridgehead atoms. The summed E-state index contributed by atoms with van der Waals surface area (Å²) < 4.78 is 12.7.